The van der Waals surface area contributed by atoms with E-state index in [-0.39, 0.29) is 18.1 Å². The van der Waals surface area contributed by atoms with Crippen molar-refractivity contribution in [3.8, 4) is 0 Å². The summed E-state index contributed by atoms with van der Waals surface area (Å²) in [6.07, 6.45) is 13.3. The summed E-state index contributed by atoms with van der Waals surface area (Å²) in [6, 6.07) is 0. The average Bonchev–Trinajstić information content (AvgIpc) is 3.09. The van der Waals surface area contributed by atoms with E-state index >= 15 is 0 Å². The van der Waals surface area contributed by atoms with Gasteiger partial charge in [-0.2, -0.15) is 0 Å². The number of unbranched alkanes of at least 4 members (excludes halogenated alkanes) is 2. The van der Waals surface area contributed by atoms with Crippen LogP contribution in [0.1, 0.15) is 51.9 Å². The van der Waals surface area contributed by atoms with E-state index in [0.717, 1.165) is 51.7 Å². The summed E-state index contributed by atoms with van der Waals surface area (Å²) in [7, 11) is 4.19. The molecular formula is C22H40N2O2. The van der Waals surface area contributed by atoms with Gasteiger partial charge in [0.25, 0.3) is 0 Å². The molecule has 26 heavy (non-hydrogen) atoms. The van der Waals surface area contributed by atoms with E-state index in [4.69, 9.17) is 0 Å². The SMILES string of the molecule is CCCCC[C@H](O)/C=C/[C@@H]1[C@H]2C/C(=C/CNCCN(C)C)C[C@H]2C[C@H]1O. The fourth-order valence-corrected chi connectivity index (χ4v) is 4.52. The van der Waals surface area contributed by atoms with Crippen molar-refractivity contribution in [3.05, 3.63) is 23.8 Å². The lowest BCUT2D eigenvalue weighted by molar-refractivity contribution is 0.139. The molecule has 0 heterocycles. The van der Waals surface area contributed by atoms with Crippen LogP contribution in [-0.4, -0.2) is 61.1 Å². The predicted octanol–water partition coefficient (Wildman–Crippen LogP) is 2.97. The van der Waals surface area contributed by atoms with Gasteiger partial charge in [0.2, 0.25) is 0 Å². The van der Waals surface area contributed by atoms with Crippen LogP contribution in [0.3, 0.4) is 0 Å². The topological polar surface area (TPSA) is 55.7 Å². The highest BCUT2D eigenvalue weighted by atomic mass is 16.3. The van der Waals surface area contributed by atoms with Gasteiger partial charge in [0.15, 0.2) is 0 Å². The molecule has 0 amide bonds. The van der Waals surface area contributed by atoms with Crippen LogP contribution in [-0.2, 0) is 0 Å². The quantitative estimate of drug-likeness (QED) is 0.390. The Morgan fingerprint density at radius 1 is 1.27 bits per heavy atom. The summed E-state index contributed by atoms with van der Waals surface area (Å²) >= 11 is 0. The number of aliphatic hydroxyl groups excluding tert-OH is 2. The molecule has 2 saturated carbocycles. The summed E-state index contributed by atoms with van der Waals surface area (Å²) in [5.74, 6) is 1.38. The number of nitrogens with one attached hydrogen (secondary N) is 1. The monoisotopic (exact) mass is 364 g/mol. The van der Waals surface area contributed by atoms with Gasteiger partial charge in [0.05, 0.1) is 12.2 Å². The molecule has 0 aromatic heterocycles. The van der Waals surface area contributed by atoms with Crippen LogP contribution >= 0.6 is 0 Å². The van der Waals surface area contributed by atoms with Gasteiger partial charge in [0.1, 0.15) is 0 Å². The first kappa shape index (κ1) is 21.6. The molecule has 2 rings (SSSR count). The van der Waals surface area contributed by atoms with E-state index in [1.54, 1.807) is 5.57 Å². The Bertz CT molecular complexity index is 461. The Kier molecular flexibility index (Phi) is 9.34. The minimum absolute atomic E-state index is 0.216. The molecule has 5 atom stereocenters. The van der Waals surface area contributed by atoms with Crippen molar-refractivity contribution in [3.63, 3.8) is 0 Å². The highest BCUT2D eigenvalue weighted by Gasteiger charge is 2.44. The molecule has 0 unspecified atom stereocenters. The average molecular weight is 365 g/mol. The van der Waals surface area contributed by atoms with E-state index in [1.165, 1.54) is 12.8 Å². The molecule has 2 fully saturated rings. The third kappa shape index (κ3) is 6.80. The standard InChI is InChI=1S/C22H40N2O2/c1-4-5-6-7-19(25)8-9-20-21-15-17(14-18(21)16-22(20)26)10-11-23-12-13-24(2)3/h8-10,18-23,25-26H,4-7,11-16H2,1-3H3/b9-8+,17-10+/t18-,19-,20+,21-,22+/m0/s1. The molecule has 0 bridgehead atoms. The van der Waals surface area contributed by atoms with Crippen LogP contribution < -0.4 is 5.32 Å². The van der Waals surface area contributed by atoms with Crippen molar-refractivity contribution in [2.24, 2.45) is 17.8 Å². The van der Waals surface area contributed by atoms with Crippen LogP contribution in [0.2, 0.25) is 0 Å². The maximum atomic E-state index is 10.4. The summed E-state index contributed by atoms with van der Waals surface area (Å²) in [5, 5.41) is 24.0. The van der Waals surface area contributed by atoms with Gasteiger partial charge >= 0.3 is 0 Å². The summed E-state index contributed by atoms with van der Waals surface area (Å²) < 4.78 is 0. The summed E-state index contributed by atoms with van der Waals surface area (Å²) in [6.45, 7) is 5.21. The third-order valence-electron chi connectivity index (χ3n) is 6.04. The molecule has 2 aliphatic rings. The molecule has 0 spiro atoms. The first-order valence-electron chi connectivity index (χ1n) is 10.6. The molecule has 150 valence electrons. The summed E-state index contributed by atoms with van der Waals surface area (Å²) in [5.41, 5.74) is 1.55. The lowest BCUT2D eigenvalue weighted by Crippen LogP contribution is -2.26. The van der Waals surface area contributed by atoms with Crippen LogP contribution in [0, 0.1) is 17.8 Å². The van der Waals surface area contributed by atoms with E-state index in [9.17, 15) is 10.2 Å². The van der Waals surface area contributed by atoms with E-state index in [0.29, 0.717) is 11.8 Å². The number of hydrogen-bond donors (Lipinski definition) is 3. The van der Waals surface area contributed by atoms with Crippen LogP contribution in [0.15, 0.2) is 23.8 Å². The number of hydrogen-bond acceptors (Lipinski definition) is 4. The zero-order valence-electron chi connectivity index (χ0n) is 17.0. The largest absolute Gasteiger partial charge is 0.392 e. The van der Waals surface area contributed by atoms with Crippen molar-refractivity contribution in [1.29, 1.82) is 0 Å². The Morgan fingerprint density at radius 2 is 2.08 bits per heavy atom. The number of likely N-dealkylation sites (N-methyl/N-ethyl adjacent to an activating group) is 1. The maximum Gasteiger partial charge on any atom is 0.0721 e. The molecule has 2 aliphatic carbocycles. The molecule has 0 radical (unpaired) electrons. The van der Waals surface area contributed by atoms with Crippen LogP contribution in [0.25, 0.3) is 0 Å². The van der Waals surface area contributed by atoms with Gasteiger partial charge in [-0.25, -0.2) is 0 Å². The van der Waals surface area contributed by atoms with E-state index in [2.05, 4.69) is 43.4 Å². The lowest BCUT2D eigenvalue weighted by Gasteiger charge is -2.18. The fraction of sp³-hybridized carbons (Fsp3) is 0.818. The Labute approximate surface area is 160 Å². The number of allylic oxidation sites excluding steroid dienone is 1. The van der Waals surface area contributed by atoms with Crippen molar-refractivity contribution < 1.29 is 10.2 Å². The molecule has 3 N–H and O–H groups in total. The number of nitrogens with zero attached hydrogens (tertiary/aromatic N) is 1. The van der Waals surface area contributed by atoms with Crippen LogP contribution in [0.4, 0.5) is 0 Å². The van der Waals surface area contributed by atoms with Gasteiger partial charge in [0, 0.05) is 25.6 Å². The number of fused-ring (bicyclic) bond motifs is 1. The first-order chi connectivity index (χ1) is 12.5. The van der Waals surface area contributed by atoms with E-state index < -0.39 is 0 Å². The predicted molar refractivity (Wildman–Crippen MR) is 109 cm³/mol. The minimum atomic E-state index is -0.356. The maximum absolute atomic E-state index is 10.4. The van der Waals surface area contributed by atoms with Gasteiger partial charge in [-0.1, -0.05) is 50.0 Å². The lowest BCUT2D eigenvalue weighted by atomic mass is 9.90. The number of rotatable bonds is 11. The third-order valence-corrected chi connectivity index (χ3v) is 6.04. The highest BCUT2D eigenvalue weighted by molar-refractivity contribution is 5.18. The smallest absolute Gasteiger partial charge is 0.0721 e. The molecule has 0 aromatic rings. The Balaban J connectivity index is 1.78. The highest BCUT2D eigenvalue weighted by Crippen LogP contribution is 2.50. The molecule has 4 nitrogen and oxygen atoms in total. The van der Waals surface area contributed by atoms with E-state index in [1.807, 2.05) is 6.08 Å². The van der Waals surface area contributed by atoms with Gasteiger partial charge in [-0.05, 0) is 51.6 Å². The molecule has 0 aliphatic heterocycles. The second-order valence-electron chi connectivity index (χ2n) is 8.53. The van der Waals surface area contributed by atoms with Gasteiger partial charge < -0.3 is 20.4 Å². The van der Waals surface area contributed by atoms with Crippen molar-refractivity contribution in [2.75, 3.05) is 33.7 Å². The van der Waals surface area contributed by atoms with Crippen molar-refractivity contribution in [1.82, 2.24) is 10.2 Å². The second kappa shape index (κ2) is 11.2. The van der Waals surface area contributed by atoms with Gasteiger partial charge in [-0.3, -0.25) is 0 Å². The zero-order valence-corrected chi connectivity index (χ0v) is 17.0. The van der Waals surface area contributed by atoms with Crippen molar-refractivity contribution in [2.45, 2.75) is 64.1 Å². The van der Waals surface area contributed by atoms with Crippen molar-refractivity contribution >= 4 is 0 Å². The Hall–Kier alpha value is -0.680. The number of aliphatic hydroxyl groups is 2. The second-order valence-corrected chi connectivity index (χ2v) is 8.53. The first-order valence-corrected chi connectivity index (χ1v) is 10.6. The van der Waals surface area contributed by atoms with Crippen LogP contribution in [0.5, 0.6) is 0 Å². The molecule has 0 saturated heterocycles. The molecule has 0 aromatic carbocycles. The zero-order chi connectivity index (χ0) is 18.9. The fourth-order valence-electron chi connectivity index (χ4n) is 4.52. The normalized spacial score (nSPS) is 31.4. The molecule has 4 heteroatoms. The van der Waals surface area contributed by atoms with Gasteiger partial charge in [-0.15, -0.1) is 0 Å². The minimum Gasteiger partial charge on any atom is -0.392 e. The molecular weight excluding hydrogens is 324 g/mol. The Morgan fingerprint density at radius 3 is 2.81 bits per heavy atom. The summed E-state index contributed by atoms with van der Waals surface area (Å²) in [4.78, 5) is 2.19.